The smallest absolute Gasteiger partial charge is 0.237 e. The van der Waals surface area contributed by atoms with Gasteiger partial charge in [0.1, 0.15) is 0 Å². The van der Waals surface area contributed by atoms with E-state index in [0.717, 1.165) is 5.56 Å². The van der Waals surface area contributed by atoms with E-state index in [1.807, 2.05) is 25.1 Å². The highest BCUT2D eigenvalue weighted by Crippen LogP contribution is 2.36. The van der Waals surface area contributed by atoms with Gasteiger partial charge in [-0.15, -0.1) is 0 Å². The Balaban J connectivity index is 2.44. The number of nitrogens with two attached hydrogens (primary N) is 1. The number of benzene rings is 1. The van der Waals surface area contributed by atoms with Gasteiger partial charge in [-0.25, -0.2) is 0 Å². The molecule has 1 heterocycles. The number of carbonyl (C=O) groups is 2. The Morgan fingerprint density at radius 3 is 2.76 bits per heavy atom. The van der Waals surface area contributed by atoms with Crippen LogP contribution in [0.1, 0.15) is 31.7 Å². The van der Waals surface area contributed by atoms with Crippen molar-refractivity contribution in [3.05, 3.63) is 29.8 Å². The highest BCUT2D eigenvalue weighted by molar-refractivity contribution is 6.03. The van der Waals surface area contributed by atoms with Crippen LogP contribution < -0.4 is 11.1 Å². The Labute approximate surface area is 100 Å². The highest BCUT2D eigenvalue weighted by Gasteiger charge is 2.42. The van der Waals surface area contributed by atoms with Crippen LogP contribution in [-0.4, -0.2) is 11.8 Å². The molecule has 0 radical (unpaired) electrons. The molecule has 1 saturated heterocycles. The number of anilines is 1. The molecule has 3 N–H and O–H groups in total. The summed E-state index contributed by atoms with van der Waals surface area (Å²) in [6.45, 7) is 1.96. The Morgan fingerprint density at radius 2 is 2.18 bits per heavy atom. The number of imide groups is 1. The number of piperidine rings is 1. The monoisotopic (exact) mass is 232 g/mol. The average molecular weight is 232 g/mol. The van der Waals surface area contributed by atoms with Crippen LogP contribution in [0.5, 0.6) is 0 Å². The summed E-state index contributed by atoms with van der Waals surface area (Å²) in [6, 6.07) is 7.35. The van der Waals surface area contributed by atoms with Crippen molar-refractivity contribution < 1.29 is 9.59 Å². The Kier molecular flexibility index (Phi) is 2.88. The number of rotatable bonds is 2. The first kappa shape index (κ1) is 11.6. The topological polar surface area (TPSA) is 72.2 Å². The Morgan fingerprint density at radius 1 is 1.41 bits per heavy atom. The van der Waals surface area contributed by atoms with E-state index in [1.54, 1.807) is 6.07 Å². The van der Waals surface area contributed by atoms with Crippen molar-refractivity contribution in [3.63, 3.8) is 0 Å². The van der Waals surface area contributed by atoms with Crippen LogP contribution in [0.25, 0.3) is 0 Å². The molecule has 0 bridgehead atoms. The third-order valence-corrected chi connectivity index (χ3v) is 3.51. The summed E-state index contributed by atoms with van der Waals surface area (Å²) in [5.74, 6) is -0.398. The Bertz CT molecular complexity index is 470. The predicted molar refractivity (Wildman–Crippen MR) is 65.2 cm³/mol. The fourth-order valence-corrected chi connectivity index (χ4v) is 2.40. The number of nitrogens with one attached hydrogen (secondary N) is 1. The highest BCUT2D eigenvalue weighted by atomic mass is 16.2. The zero-order valence-electron chi connectivity index (χ0n) is 9.82. The van der Waals surface area contributed by atoms with Crippen LogP contribution in [0.3, 0.4) is 0 Å². The summed E-state index contributed by atoms with van der Waals surface area (Å²) in [7, 11) is 0. The predicted octanol–water partition coefficient (Wildman–Crippen LogP) is 1.35. The number of hydrogen-bond donors (Lipinski definition) is 2. The summed E-state index contributed by atoms with van der Waals surface area (Å²) >= 11 is 0. The SMILES string of the molecule is CC[C@]1(c2cccc(N)c2)CCC(=O)NC1=O. The van der Waals surface area contributed by atoms with Crippen LogP contribution in [0.15, 0.2) is 24.3 Å². The van der Waals surface area contributed by atoms with E-state index in [1.165, 1.54) is 0 Å². The van der Waals surface area contributed by atoms with Gasteiger partial charge in [-0.3, -0.25) is 14.9 Å². The largest absolute Gasteiger partial charge is 0.399 e. The molecule has 0 saturated carbocycles. The van der Waals surface area contributed by atoms with E-state index in [-0.39, 0.29) is 11.8 Å². The molecule has 17 heavy (non-hydrogen) atoms. The minimum Gasteiger partial charge on any atom is -0.399 e. The van der Waals surface area contributed by atoms with E-state index in [2.05, 4.69) is 5.32 Å². The number of carbonyl (C=O) groups excluding carboxylic acids is 2. The van der Waals surface area contributed by atoms with E-state index in [9.17, 15) is 9.59 Å². The van der Waals surface area contributed by atoms with E-state index in [0.29, 0.717) is 24.9 Å². The third kappa shape index (κ3) is 1.90. The lowest BCUT2D eigenvalue weighted by molar-refractivity contribution is -0.138. The lowest BCUT2D eigenvalue weighted by Gasteiger charge is -2.35. The molecule has 1 atom stereocenters. The fourth-order valence-electron chi connectivity index (χ4n) is 2.40. The fraction of sp³-hybridized carbons (Fsp3) is 0.385. The summed E-state index contributed by atoms with van der Waals surface area (Å²) < 4.78 is 0. The quantitative estimate of drug-likeness (QED) is 0.597. The van der Waals surface area contributed by atoms with Crippen molar-refractivity contribution >= 4 is 17.5 Å². The van der Waals surface area contributed by atoms with Crippen molar-refractivity contribution in [1.82, 2.24) is 5.32 Å². The lowest BCUT2D eigenvalue weighted by atomic mass is 9.72. The zero-order chi connectivity index (χ0) is 12.5. The summed E-state index contributed by atoms with van der Waals surface area (Å²) in [4.78, 5) is 23.3. The lowest BCUT2D eigenvalue weighted by Crippen LogP contribution is -2.51. The molecule has 1 aliphatic rings. The van der Waals surface area contributed by atoms with Crippen LogP contribution in [-0.2, 0) is 15.0 Å². The van der Waals surface area contributed by atoms with Gasteiger partial charge in [0.2, 0.25) is 11.8 Å². The standard InChI is InChI=1S/C13H16N2O2/c1-2-13(7-6-11(16)15-12(13)17)9-4-3-5-10(14)8-9/h3-5,8H,2,6-7,14H2,1H3,(H,15,16,17)/t13-/m1/s1. The molecule has 1 aliphatic heterocycles. The van der Waals surface area contributed by atoms with Crippen molar-refractivity contribution in [2.45, 2.75) is 31.6 Å². The van der Waals surface area contributed by atoms with Gasteiger partial charge >= 0.3 is 0 Å². The first-order valence-electron chi connectivity index (χ1n) is 5.79. The number of amides is 2. The van der Waals surface area contributed by atoms with Crippen LogP contribution >= 0.6 is 0 Å². The third-order valence-electron chi connectivity index (χ3n) is 3.51. The molecule has 2 rings (SSSR count). The first-order valence-corrected chi connectivity index (χ1v) is 5.79. The second kappa shape index (κ2) is 4.20. The number of hydrogen-bond acceptors (Lipinski definition) is 3. The molecule has 0 aliphatic carbocycles. The molecule has 2 amide bonds. The van der Waals surface area contributed by atoms with Crippen molar-refractivity contribution in [2.75, 3.05) is 5.73 Å². The summed E-state index contributed by atoms with van der Waals surface area (Å²) in [6.07, 6.45) is 1.60. The minimum atomic E-state index is -0.608. The maximum atomic E-state index is 12.1. The van der Waals surface area contributed by atoms with Gasteiger partial charge in [0.25, 0.3) is 0 Å². The van der Waals surface area contributed by atoms with Gasteiger partial charge in [0.15, 0.2) is 0 Å². The van der Waals surface area contributed by atoms with Gasteiger partial charge in [-0.05, 0) is 30.5 Å². The van der Waals surface area contributed by atoms with Crippen molar-refractivity contribution in [3.8, 4) is 0 Å². The van der Waals surface area contributed by atoms with Gasteiger partial charge < -0.3 is 5.73 Å². The van der Waals surface area contributed by atoms with E-state index < -0.39 is 5.41 Å². The van der Waals surface area contributed by atoms with E-state index >= 15 is 0 Å². The Hall–Kier alpha value is -1.84. The first-order chi connectivity index (χ1) is 8.08. The maximum absolute atomic E-state index is 12.1. The molecule has 1 fully saturated rings. The normalized spacial score (nSPS) is 24.5. The molecule has 90 valence electrons. The van der Waals surface area contributed by atoms with Gasteiger partial charge in [0, 0.05) is 12.1 Å². The maximum Gasteiger partial charge on any atom is 0.237 e. The summed E-state index contributed by atoms with van der Waals surface area (Å²) in [5, 5.41) is 2.42. The minimum absolute atomic E-state index is 0.192. The second-order valence-corrected chi connectivity index (χ2v) is 4.44. The average Bonchev–Trinajstić information content (AvgIpc) is 2.30. The van der Waals surface area contributed by atoms with E-state index in [4.69, 9.17) is 5.73 Å². The van der Waals surface area contributed by atoms with Gasteiger partial charge in [0.05, 0.1) is 5.41 Å². The molecule has 0 spiro atoms. The molecule has 0 aromatic heterocycles. The van der Waals surface area contributed by atoms with Crippen LogP contribution in [0, 0.1) is 0 Å². The molecular formula is C13H16N2O2. The van der Waals surface area contributed by atoms with Crippen molar-refractivity contribution in [2.24, 2.45) is 0 Å². The number of nitrogen functional groups attached to an aromatic ring is 1. The zero-order valence-corrected chi connectivity index (χ0v) is 9.82. The molecular weight excluding hydrogens is 216 g/mol. The van der Waals surface area contributed by atoms with Gasteiger partial charge in [-0.1, -0.05) is 19.1 Å². The molecule has 4 nitrogen and oxygen atoms in total. The second-order valence-electron chi connectivity index (χ2n) is 4.44. The van der Waals surface area contributed by atoms with Crippen molar-refractivity contribution in [1.29, 1.82) is 0 Å². The van der Waals surface area contributed by atoms with Crippen LogP contribution in [0.2, 0.25) is 0 Å². The molecule has 1 aromatic rings. The molecule has 4 heteroatoms. The van der Waals surface area contributed by atoms with Gasteiger partial charge in [-0.2, -0.15) is 0 Å². The molecule has 0 unspecified atom stereocenters. The molecule has 1 aromatic carbocycles. The van der Waals surface area contributed by atoms with Crippen LogP contribution in [0.4, 0.5) is 5.69 Å². The summed E-state index contributed by atoms with van der Waals surface area (Å²) in [5.41, 5.74) is 6.68.